The van der Waals surface area contributed by atoms with Crippen molar-refractivity contribution >= 4 is 16.8 Å². The molecule has 0 saturated heterocycles. The lowest BCUT2D eigenvalue weighted by atomic mass is 10.1. The van der Waals surface area contributed by atoms with Crippen LogP contribution in [0.15, 0.2) is 85.6 Å². The van der Waals surface area contributed by atoms with Gasteiger partial charge in [-0.25, -0.2) is 0 Å². The Bertz CT molecular complexity index is 1490. The summed E-state index contributed by atoms with van der Waals surface area (Å²) in [7, 11) is 1.66. The third-order valence-electron chi connectivity index (χ3n) is 6.52. The van der Waals surface area contributed by atoms with E-state index in [1.54, 1.807) is 19.5 Å². The van der Waals surface area contributed by atoms with Gasteiger partial charge in [-0.1, -0.05) is 24.3 Å². The number of hydrogen-bond donors (Lipinski definition) is 1. The number of nitrogens with one attached hydrogen (secondary N) is 1. The molecule has 1 aliphatic rings. The highest BCUT2D eigenvalue weighted by molar-refractivity contribution is 6.08. The Morgan fingerprint density at radius 3 is 2.77 bits per heavy atom. The number of aromatic nitrogens is 4. The first-order chi connectivity index (χ1) is 17.2. The second-order valence-electron chi connectivity index (χ2n) is 8.86. The molecule has 3 aromatic heterocycles. The molecule has 3 heterocycles. The maximum atomic E-state index is 14.0. The van der Waals surface area contributed by atoms with Crippen molar-refractivity contribution in [3.63, 3.8) is 0 Å². The number of hydrogen-bond acceptors (Lipinski definition) is 4. The zero-order valence-corrected chi connectivity index (χ0v) is 19.4. The van der Waals surface area contributed by atoms with Crippen LogP contribution < -0.4 is 4.74 Å². The molecule has 1 fully saturated rings. The molecule has 1 N–H and O–H groups in total. The predicted molar refractivity (Wildman–Crippen MR) is 135 cm³/mol. The Hall–Kier alpha value is -4.39. The summed E-state index contributed by atoms with van der Waals surface area (Å²) in [4.78, 5) is 20.2. The lowest BCUT2D eigenvalue weighted by Crippen LogP contribution is -2.32. The van der Waals surface area contributed by atoms with E-state index in [1.807, 2.05) is 72.0 Å². The fourth-order valence-corrected chi connectivity index (χ4v) is 4.56. The molecule has 2 aromatic carbocycles. The zero-order chi connectivity index (χ0) is 23.8. The molecule has 5 aromatic rings. The van der Waals surface area contributed by atoms with Crippen LogP contribution in [0.4, 0.5) is 0 Å². The van der Waals surface area contributed by atoms with E-state index < -0.39 is 0 Å². The minimum atomic E-state index is 0.0408. The molecule has 0 spiro atoms. The van der Waals surface area contributed by atoms with Gasteiger partial charge in [-0.15, -0.1) is 0 Å². The molecule has 0 bridgehead atoms. The van der Waals surface area contributed by atoms with E-state index in [2.05, 4.69) is 25.8 Å². The Balaban J connectivity index is 1.48. The molecule has 0 radical (unpaired) electrons. The topological polar surface area (TPSA) is 76.0 Å². The van der Waals surface area contributed by atoms with Gasteiger partial charge >= 0.3 is 0 Å². The molecule has 35 heavy (non-hydrogen) atoms. The quantitative estimate of drug-likeness (QED) is 0.359. The zero-order valence-electron chi connectivity index (χ0n) is 19.4. The van der Waals surface area contributed by atoms with Gasteiger partial charge in [0, 0.05) is 60.1 Å². The van der Waals surface area contributed by atoms with E-state index in [4.69, 9.17) is 4.74 Å². The maximum absolute atomic E-state index is 14.0. The van der Waals surface area contributed by atoms with Crippen molar-refractivity contribution in [1.82, 2.24) is 24.6 Å². The van der Waals surface area contributed by atoms with Gasteiger partial charge < -0.3 is 14.2 Å². The molecule has 0 unspecified atom stereocenters. The van der Waals surface area contributed by atoms with Crippen LogP contribution in [0.1, 0.15) is 28.8 Å². The average molecular weight is 464 g/mol. The van der Waals surface area contributed by atoms with Gasteiger partial charge in [0.05, 0.1) is 24.4 Å². The number of ether oxygens (including phenoxy) is 1. The van der Waals surface area contributed by atoms with Gasteiger partial charge in [-0.2, -0.15) is 5.10 Å². The lowest BCUT2D eigenvalue weighted by molar-refractivity contribution is 0.0731. The van der Waals surface area contributed by atoms with E-state index in [9.17, 15) is 4.79 Å². The van der Waals surface area contributed by atoms with Crippen molar-refractivity contribution in [2.24, 2.45) is 0 Å². The van der Waals surface area contributed by atoms with Crippen molar-refractivity contribution in [2.75, 3.05) is 7.11 Å². The second-order valence-corrected chi connectivity index (χ2v) is 8.86. The van der Waals surface area contributed by atoms with Crippen molar-refractivity contribution in [2.45, 2.75) is 25.4 Å². The maximum Gasteiger partial charge on any atom is 0.256 e. The summed E-state index contributed by atoms with van der Waals surface area (Å²) >= 11 is 0. The number of methoxy groups -OCH3 is 1. The first-order valence-corrected chi connectivity index (χ1v) is 11.7. The monoisotopic (exact) mass is 463 g/mol. The molecule has 0 atom stereocenters. The van der Waals surface area contributed by atoms with Crippen LogP contribution in [0.5, 0.6) is 5.75 Å². The fraction of sp³-hybridized carbons (Fsp3) is 0.179. The van der Waals surface area contributed by atoms with Crippen LogP contribution in [-0.2, 0) is 6.54 Å². The van der Waals surface area contributed by atoms with Crippen LogP contribution >= 0.6 is 0 Å². The van der Waals surface area contributed by atoms with Crippen molar-refractivity contribution in [1.29, 1.82) is 0 Å². The Morgan fingerprint density at radius 2 is 2.03 bits per heavy atom. The van der Waals surface area contributed by atoms with Gasteiger partial charge in [0.25, 0.3) is 5.91 Å². The lowest BCUT2D eigenvalue weighted by Gasteiger charge is -2.22. The number of fused-ring (bicyclic) bond motifs is 1. The molecule has 1 aliphatic carbocycles. The summed E-state index contributed by atoms with van der Waals surface area (Å²) in [5.74, 6) is 0.804. The van der Waals surface area contributed by atoms with E-state index >= 15 is 0 Å². The standard InChI is InChI=1S/C28H25N5O2/c1-35-24-6-2-5-23(13-24)32-18-26(25-10-7-20(12-27(25)32)21-15-30-31-16-21)28(34)33(22-8-9-22)17-19-4-3-11-29-14-19/h2-7,10-16,18,22H,8-9,17H2,1H3,(H,30,31). The first-order valence-electron chi connectivity index (χ1n) is 11.7. The number of pyridine rings is 1. The van der Waals surface area contributed by atoms with E-state index in [-0.39, 0.29) is 11.9 Å². The van der Waals surface area contributed by atoms with E-state index in [0.717, 1.165) is 51.9 Å². The average Bonchev–Trinajstić information content (AvgIpc) is 3.45. The van der Waals surface area contributed by atoms with Crippen LogP contribution in [0, 0.1) is 0 Å². The number of nitrogens with zero attached hydrogens (tertiary/aromatic N) is 4. The minimum absolute atomic E-state index is 0.0408. The number of rotatable bonds is 7. The normalized spacial score (nSPS) is 13.2. The SMILES string of the molecule is COc1cccc(-n2cc(C(=O)N(Cc3cccnc3)C3CC3)c3ccc(-c4cn[nH]c4)cc32)c1. The van der Waals surface area contributed by atoms with E-state index in [1.165, 1.54) is 0 Å². The molecule has 6 rings (SSSR count). The molecule has 1 amide bonds. The summed E-state index contributed by atoms with van der Waals surface area (Å²) in [6.07, 6.45) is 11.3. The Labute approximate surface area is 203 Å². The summed E-state index contributed by atoms with van der Waals surface area (Å²) < 4.78 is 7.54. The molecular formula is C28H25N5O2. The van der Waals surface area contributed by atoms with Gasteiger partial charge in [-0.3, -0.25) is 14.9 Å². The Morgan fingerprint density at radius 1 is 1.11 bits per heavy atom. The molecule has 0 aliphatic heterocycles. The molecule has 174 valence electrons. The second kappa shape index (κ2) is 8.76. The van der Waals surface area contributed by atoms with E-state index in [0.29, 0.717) is 12.1 Å². The third kappa shape index (κ3) is 4.05. The summed E-state index contributed by atoms with van der Waals surface area (Å²) in [5, 5.41) is 7.89. The van der Waals surface area contributed by atoms with Crippen LogP contribution in [0.2, 0.25) is 0 Å². The van der Waals surface area contributed by atoms with Crippen molar-refractivity contribution in [3.05, 3.63) is 96.7 Å². The molecule has 7 nitrogen and oxygen atoms in total. The number of H-pyrrole nitrogens is 1. The largest absolute Gasteiger partial charge is 0.497 e. The number of carbonyl (C=O) groups is 1. The van der Waals surface area contributed by atoms with Gasteiger partial charge in [0.2, 0.25) is 0 Å². The van der Waals surface area contributed by atoms with Crippen LogP contribution in [0.25, 0.3) is 27.7 Å². The predicted octanol–water partition coefficient (Wildman–Crippen LogP) is 5.23. The Kier molecular flexibility index (Phi) is 5.29. The van der Waals surface area contributed by atoms with Gasteiger partial charge in [-0.05, 0) is 48.2 Å². The van der Waals surface area contributed by atoms with Gasteiger partial charge in [0.15, 0.2) is 0 Å². The van der Waals surface area contributed by atoms with Crippen molar-refractivity contribution < 1.29 is 9.53 Å². The fourth-order valence-electron chi connectivity index (χ4n) is 4.56. The van der Waals surface area contributed by atoms with Crippen LogP contribution in [0.3, 0.4) is 0 Å². The first kappa shape index (κ1) is 21.2. The number of aromatic amines is 1. The van der Waals surface area contributed by atoms with Crippen LogP contribution in [-0.4, -0.2) is 43.7 Å². The smallest absolute Gasteiger partial charge is 0.256 e. The number of amides is 1. The molecule has 7 heteroatoms. The van der Waals surface area contributed by atoms with Crippen molar-refractivity contribution in [3.8, 4) is 22.6 Å². The summed E-state index contributed by atoms with van der Waals surface area (Å²) in [6, 6.07) is 18.3. The minimum Gasteiger partial charge on any atom is -0.497 e. The molecular weight excluding hydrogens is 438 g/mol. The molecule has 1 saturated carbocycles. The summed E-state index contributed by atoms with van der Waals surface area (Å²) in [5.41, 5.74) is 5.64. The highest BCUT2D eigenvalue weighted by Crippen LogP contribution is 2.34. The summed E-state index contributed by atoms with van der Waals surface area (Å²) in [6.45, 7) is 0.552. The number of benzene rings is 2. The third-order valence-corrected chi connectivity index (χ3v) is 6.52. The number of carbonyl (C=O) groups excluding carboxylic acids is 1. The highest BCUT2D eigenvalue weighted by atomic mass is 16.5. The van der Waals surface area contributed by atoms with Gasteiger partial charge in [0.1, 0.15) is 5.75 Å². The highest BCUT2D eigenvalue weighted by Gasteiger charge is 2.34.